The van der Waals surface area contributed by atoms with Gasteiger partial charge in [0.15, 0.2) is 0 Å². The van der Waals surface area contributed by atoms with E-state index in [1.165, 1.54) is 54.7 Å². The zero-order chi connectivity index (χ0) is 29.0. The molecule has 0 N–H and O–H groups in total. The maximum Gasteiger partial charge on any atom is 0.0973 e. The third-order valence-electron chi connectivity index (χ3n) is 8.74. The van der Waals surface area contributed by atoms with Crippen LogP contribution >= 0.6 is 0 Å². The number of benzene rings is 7. The number of para-hydroxylation sites is 2. The van der Waals surface area contributed by atoms with E-state index in [4.69, 9.17) is 9.97 Å². The lowest BCUT2D eigenvalue weighted by Gasteiger charge is -2.19. The summed E-state index contributed by atoms with van der Waals surface area (Å²) in [5, 5.41) is 7.19. The zero-order valence-corrected chi connectivity index (χ0v) is 23.8. The molecule has 0 saturated carbocycles. The highest BCUT2D eigenvalue weighted by Crippen LogP contribution is 2.46. The second-order valence-corrected chi connectivity index (χ2v) is 11.2. The molecule has 0 atom stereocenters. The lowest BCUT2D eigenvalue weighted by molar-refractivity contribution is 1.33. The molecule has 9 rings (SSSR count). The zero-order valence-electron chi connectivity index (χ0n) is 23.8. The highest BCUT2D eigenvalue weighted by Gasteiger charge is 2.19. The Hall–Kier alpha value is -5.93. The Morgan fingerprint density at radius 1 is 0.341 bits per heavy atom. The van der Waals surface area contributed by atoms with Crippen molar-refractivity contribution in [3.05, 3.63) is 152 Å². The molecule has 0 amide bonds. The molecule has 0 aliphatic carbocycles. The number of nitrogens with zero attached hydrogens (tertiary/aromatic N) is 3. The van der Waals surface area contributed by atoms with Crippen molar-refractivity contribution in [1.82, 2.24) is 15.0 Å². The maximum atomic E-state index is 5.11. The second kappa shape index (κ2) is 9.82. The minimum absolute atomic E-state index is 0.904. The molecule has 0 fully saturated rings. The smallest absolute Gasteiger partial charge is 0.0973 e. The van der Waals surface area contributed by atoms with Crippen molar-refractivity contribution >= 4 is 54.4 Å². The maximum absolute atomic E-state index is 5.11. The van der Waals surface area contributed by atoms with Crippen LogP contribution < -0.4 is 0 Å². The van der Waals surface area contributed by atoms with Gasteiger partial charge in [-0.25, -0.2) is 9.97 Å². The summed E-state index contributed by atoms with van der Waals surface area (Å²) in [5.41, 5.74) is 10.8. The topological polar surface area (TPSA) is 38.7 Å². The van der Waals surface area contributed by atoms with Crippen LogP contribution in [0, 0.1) is 0 Å². The van der Waals surface area contributed by atoms with Gasteiger partial charge in [0, 0.05) is 17.8 Å². The van der Waals surface area contributed by atoms with E-state index in [9.17, 15) is 0 Å². The lowest BCUT2D eigenvalue weighted by atomic mass is 9.84. The Bertz CT molecular complexity index is 2480. The minimum atomic E-state index is 0.904. The van der Waals surface area contributed by atoms with E-state index in [0.29, 0.717) is 0 Å². The summed E-state index contributed by atoms with van der Waals surface area (Å²) in [4.78, 5) is 14.4. The van der Waals surface area contributed by atoms with Gasteiger partial charge in [0.1, 0.15) is 0 Å². The van der Waals surface area contributed by atoms with E-state index in [-0.39, 0.29) is 0 Å². The average Bonchev–Trinajstić information content (AvgIpc) is 3.10. The van der Waals surface area contributed by atoms with E-state index in [1.807, 2.05) is 36.7 Å². The number of rotatable bonds is 3. The molecule has 0 unspecified atom stereocenters. The summed E-state index contributed by atoms with van der Waals surface area (Å²) < 4.78 is 0. The third-order valence-corrected chi connectivity index (χ3v) is 8.74. The highest BCUT2D eigenvalue weighted by atomic mass is 14.8. The molecule has 3 nitrogen and oxygen atoms in total. The lowest BCUT2D eigenvalue weighted by Crippen LogP contribution is -1.94. The Balaban J connectivity index is 1.37. The number of hydrogen-bond donors (Lipinski definition) is 0. The first-order valence-corrected chi connectivity index (χ1v) is 14.9. The first kappa shape index (κ1) is 24.6. The van der Waals surface area contributed by atoms with Crippen LogP contribution in [0.5, 0.6) is 0 Å². The molecule has 0 bridgehead atoms. The number of aromatic nitrogens is 3. The van der Waals surface area contributed by atoms with Crippen molar-refractivity contribution in [1.29, 1.82) is 0 Å². The van der Waals surface area contributed by atoms with Crippen LogP contribution in [0.1, 0.15) is 0 Å². The molecule has 7 aromatic carbocycles. The molecule has 2 heterocycles. The van der Waals surface area contributed by atoms with E-state index in [1.54, 1.807) is 0 Å². The van der Waals surface area contributed by atoms with Crippen LogP contribution in [0.4, 0.5) is 0 Å². The summed E-state index contributed by atoms with van der Waals surface area (Å²) in [6.45, 7) is 0. The van der Waals surface area contributed by atoms with E-state index >= 15 is 0 Å². The van der Waals surface area contributed by atoms with Crippen molar-refractivity contribution in [2.75, 3.05) is 0 Å². The fourth-order valence-electron chi connectivity index (χ4n) is 6.76. The van der Waals surface area contributed by atoms with Gasteiger partial charge in [0.25, 0.3) is 0 Å². The summed E-state index contributed by atoms with van der Waals surface area (Å²) >= 11 is 0. The fraction of sp³-hybridized carbons (Fsp3) is 0. The third kappa shape index (κ3) is 3.80. The van der Waals surface area contributed by atoms with E-state index in [2.05, 4.69) is 120 Å². The van der Waals surface area contributed by atoms with Crippen LogP contribution in [0.25, 0.3) is 87.8 Å². The first-order chi connectivity index (χ1) is 21.8. The predicted molar refractivity (Wildman–Crippen MR) is 184 cm³/mol. The summed E-state index contributed by atoms with van der Waals surface area (Å²) in [6, 6.07) is 49.6. The first-order valence-electron chi connectivity index (χ1n) is 14.9. The largest absolute Gasteiger partial charge is 0.265 e. The van der Waals surface area contributed by atoms with Gasteiger partial charge in [-0.15, -0.1) is 0 Å². The van der Waals surface area contributed by atoms with Crippen molar-refractivity contribution in [3.8, 4) is 33.4 Å². The number of hydrogen-bond acceptors (Lipinski definition) is 3. The fourth-order valence-corrected chi connectivity index (χ4v) is 6.76. The second-order valence-electron chi connectivity index (χ2n) is 11.2. The van der Waals surface area contributed by atoms with Gasteiger partial charge in [-0.1, -0.05) is 109 Å². The predicted octanol–water partition coefficient (Wildman–Crippen LogP) is 10.6. The van der Waals surface area contributed by atoms with E-state index < -0.39 is 0 Å². The number of fused-ring (bicyclic) bond motifs is 6. The summed E-state index contributed by atoms with van der Waals surface area (Å²) in [7, 11) is 0. The van der Waals surface area contributed by atoms with Crippen LogP contribution in [-0.2, 0) is 0 Å². The van der Waals surface area contributed by atoms with Crippen molar-refractivity contribution in [2.45, 2.75) is 0 Å². The average molecular weight is 560 g/mol. The Kier molecular flexibility index (Phi) is 5.50. The monoisotopic (exact) mass is 559 g/mol. The molecule has 2 aromatic heterocycles. The summed E-state index contributed by atoms with van der Waals surface area (Å²) in [5.74, 6) is 0. The minimum Gasteiger partial charge on any atom is -0.265 e. The normalized spacial score (nSPS) is 11.6. The Labute approximate surface area is 254 Å². The molecule has 0 aliphatic rings. The van der Waals surface area contributed by atoms with Crippen LogP contribution in [-0.4, -0.2) is 15.0 Å². The van der Waals surface area contributed by atoms with Gasteiger partial charge in [-0.3, -0.25) is 4.98 Å². The van der Waals surface area contributed by atoms with Gasteiger partial charge in [-0.05, 0) is 90.6 Å². The molecule has 0 radical (unpaired) electrons. The quantitative estimate of drug-likeness (QED) is 0.160. The Morgan fingerprint density at radius 3 is 1.45 bits per heavy atom. The van der Waals surface area contributed by atoms with Gasteiger partial charge < -0.3 is 0 Å². The van der Waals surface area contributed by atoms with Gasteiger partial charge in [0.05, 0.1) is 22.1 Å². The molecule has 0 spiro atoms. The molecule has 3 heteroatoms. The molecule has 204 valence electrons. The highest BCUT2D eigenvalue weighted by molar-refractivity contribution is 6.25. The van der Waals surface area contributed by atoms with Crippen LogP contribution in [0.15, 0.2) is 152 Å². The standard InChI is InChI=1S/C41H25N3/c1-6-14-34-29(9-1)35(25-38-41(34)44-37-16-8-7-15-36(37)43-38)40-32-12-4-2-10-30(32)39(31-11-3-5-13-33(31)40)28-19-17-26(18-20-28)27-21-23-42-24-22-27/h1-25H. The van der Waals surface area contributed by atoms with Crippen molar-refractivity contribution in [2.24, 2.45) is 0 Å². The van der Waals surface area contributed by atoms with Gasteiger partial charge in [0.2, 0.25) is 0 Å². The van der Waals surface area contributed by atoms with Gasteiger partial charge in [-0.2, -0.15) is 0 Å². The molecular weight excluding hydrogens is 534 g/mol. The van der Waals surface area contributed by atoms with Gasteiger partial charge >= 0.3 is 0 Å². The molecule has 9 aromatic rings. The SMILES string of the molecule is c1ccc2nc3c(cc(-c4c5ccccc5c(-c5ccc(-c6ccncc6)cc5)c5ccccc45)c4ccccc43)nc2c1. The molecule has 0 aliphatic heterocycles. The van der Waals surface area contributed by atoms with Crippen LogP contribution in [0.3, 0.4) is 0 Å². The molecule has 44 heavy (non-hydrogen) atoms. The molecule has 0 saturated heterocycles. The van der Waals surface area contributed by atoms with Crippen LogP contribution in [0.2, 0.25) is 0 Å². The van der Waals surface area contributed by atoms with Crippen molar-refractivity contribution in [3.63, 3.8) is 0 Å². The molecular formula is C41H25N3. The van der Waals surface area contributed by atoms with E-state index in [0.717, 1.165) is 33.0 Å². The van der Waals surface area contributed by atoms with Crippen molar-refractivity contribution < 1.29 is 0 Å². The Morgan fingerprint density at radius 2 is 0.818 bits per heavy atom. The summed E-state index contributed by atoms with van der Waals surface area (Å²) in [6.07, 6.45) is 3.68. The number of pyridine rings is 1.